The summed E-state index contributed by atoms with van der Waals surface area (Å²) in [5.74, 6) is 0. The van der Waals surface area contributed by atoms with Crippen LogP contribution in [-0.2, 0) is 4.74 Å². The Morgan fingerprint density at radius 1 is 1.58 bits per heavy atom. The number of hydrogen-bond acceptors (Lipinski definition) is 3. The van der Waals surface area contributed by atoms with Crippen molar-refractivity contribution in [1.82, 2.24) is 0 Å². The molecule has 2 nitrogen and oxygen atoms in total. The molecule has 3 atom stereocenters. The fourth-order valence-corrected chi connectivity index (χ4v) is 2.85. The van der Waals surface area contributed by atoms with E-state index in [1.54, 1.807) is 7.11 Å². The maximum atomic E-state index is 5.35. The normalized spacial score (nSPS) is 35.7. The molecule has 0 saturated heterocycles. The van der Waals surface area contributed by atoms with Crippen molar-refractivity contribution in [2.45, 2.75) is 35.3 Å². The third-order valence-electron chi connectivity index (χ3n) is 2.23. The minimum absolute atomic E-state index is 0.321. The largest absolute Gasteiger partial charge is 0.380 e. The molecule has 4 heteroatoms. The molecular formula is C8H12INOS. The van der Waals surface area contributed by atoms with Crippen LogP contribution in [-0.4, -0.2) is 28.3 Å². The molecule has 12 heavy (non-hydrogen) atoms. The number of halogens is 1. The molecule has 1 rings (SSSR count). The Balaban J connectivity index is 2.58. The molecule has 0 aliphatic heterocycles. The highest BCUT2D eigenvalue weighted by Crippen LogP contribution is 2.29. The van der Waals surface area contributed by atoms with Crippen LogP contribution in [0.5, 0.6) is 0 Å². The van der Waals surface area contributed by atoms with Gasteiger partial charge in [0.25, 0.3) is 0 Å². The second kappa shape index (κ2) is 5.27. The lowest BCUT2D eigenvalue weighted by atomic mass is 9.93. The second-order valence-electron chi connectivity index (χ2n) is 2.94. The number of methoxy groups -OCH3 is 1. The van der Waals surface area contributed by atoms with Gasteiger partial charge in [0.2, 0.25) is 0 Å². The fraction of sp³-hybridized carbons (Fsp3) is 0.875. The van der Waals surface area contributed by atoms with Crippen LogP contribution in [0.3, 0.4) is 0 Å². The highest BCUT2D eigenvalue weighted by Gasteiger charge is 2.30. The highest BCUT2D eigenvalue weighted by atomic mass is 127. The Hall–Kier alpha value is 0.490. The molecule has 0 spiro atoms. The molecule has 0 radical (unpaired) electrons. The Morgan fingerprint density at radius 2 is 2.33 bits per heavy atom. The molecule has 1 saturated carbocycles. The van der Waals surface area contributed by atoms with Gasteiger partial charge >= 0.3 is 0 Å². The Labute approximate surface area is 91.9 Å². The predicted molar refractivity (Wildman–Crippen MR) is 61.3 cm³/mol. The van der Waals surface area contributed by atoms with Crippen LogP contribution in [0.25, 0.3) is 0 Å². The Kier molecular flexibility index (Phi) is 4.64. The van der Waals surface area contributed by atoms with Crippen LogP contribution in [0.15, 0.2) is 4.99 Å². The number of hydrogen-bond donors (Lipinski definition) is 0. The zero-order valence-electron chi connectivity index (χ0n) is 7.00. The third kappa shape index (κ3) is 2.49. The average Bonchev–Trinajstić information content (AvgIpc) is 2.09. The smallest absolute Gasteiger partial charge is 0.0745 e. The number of aliphatic imine (C=N–C) groups is 1. The van der Waals surface area contributed by atoms with E-state index in [1.807, 2.05) is 0 Å². The molecule has 0 N–H and O–H groups in total. The first-order valence-electron chi connectivity index (χ1n) is 4.03. The molecule has 1 aliphatic carbocycles. The summed E-state index contributed by atoms with van der Waals surface area (Å²) in [6, 6.07) is 0.321. The van der Waals surface area contributed by atoms with Crippen LogP contribution in [0.2, 0.25) is 0 Å². The van der Waals surface area contributed by atoms with Gasteiger partial charge in [0, 0.05) is 7.11 Å². The zero-order chi connectivity index (χ0) is 8.97. The number of thiocarbonyl (C=S) groups is 1. The first-order valence-corrected chi connectivity index (χ1v) is 5.69. The quantitative estimate of drug-likeness (QED) is 0.338. The van der Waals surface area contributed by atoms with E-state index in [0.29, 0.717) is 16.1 Å². The summed E-state index contributed by atoms with van der Waals surface area (Å²) in [6.45, 7) is 0. The van der Waals surface area contributed by atoms with Gasteiger partial charge in [-0.1, -0.05) is 22.6 Å². The van der Waals surface area contributed by atoms with Crippen molar-refractivity contribution in [3.8, 4) is 0 Å². The summed E-state index contributed by atoms with van der Waals surface area (Å²) >= 11 is 7.00. The van der Waals surface area contributed by atoms with Gasteiger partial charge in [-0.2, -0.15) is 0 Å². The number of isothiocyanates is 1. The first kappa shape index (κ1) is 10.6. The van der Waals surface area contributed by atoms with E-state index < -0.39 is 0 Å². The van der Waals surface area contributed by atoms with Crippen molar-refractivity contribution in [2.75, 3.05) is 7.11 Å². The van der Waals surface area contributed by atoms with E-state index in [4.69, 9.17) is 4.74 Å². The molecule has 0 unspecified atom stereocenters. The van der Waals surface area contributed by atoms with E-state index in [1.165, 1.54) is 6.42 Å². The van der Waals surface area contributed by atoms with Crippen molar-refractivity contribution >= 4 is 40.0 Å². The lowest BCUT2D eigenvalue weighted by Gasteiger charge is -2.30. The SMILES string of the molecule is CO[C@@H]1CCC[C@@H](N=C=S)[C@@H]1I. The van der Waals surface area contributed by atoms with Gasteiger partial charge in [-0.25, -0.2) is 4.99 Å². The molecule has 0 aromatic heterocycles. The van der Waals surface area contributed by atoms with Crippen molar-refractivity contribution < 1.29 is 4.74 Å². The summed E-state index contributed by atoms with van der Waals surface area (Å²) in [6.07, 6.45) is 3.80. The van der Waals surface area contributed by atoms with Crippen molar-refractivity contribution in [3.63, 3.8) is 0 Å². The summed E-state index contributed by atoms with van der Waals surface area (Å²) in [5.41, 5.74) is 0. The maximum Gasteiger partial charge on any atom is 0.0745 e. The van der Waals surface area contributed by atoms with Crippen molar-refractivity contribution in [1.29, 1.82) is 0 Å². The van der Waals surface area contributed by atoms with Gasteiger partial charge in [0.05, 0.1) is 21.2 Å². The fourth-order valence-electron chi connectivity index (χ4n) is 1.55. The van der Waals surface area contributed by atoms with E-state index in [9.17, 15) is 0 Å². The Morgan fingerprint density at radius 3 is 2.92 bits per heavy atom. The van der Waals surface area contributed by atoms with Crippen LogP contribution < -0.4 is 0 Å². The minimum Gasteiger partial charge on any atom is -0.380 e. The van der Waals surface area contributed by atoms with Crippen molar-refractivity contribution in [3.05, 3.63) is 0 Å². The van der Waals surface area contributed by atoms with Crippen LogP contribution >= 0.6 is 34.8 Å². The van der Waals surface area contributed by atoms with Gasteiger partial charge in [0.15, 0.2) is 0 Å². The van der Waals surface area contributed by atoms with Crippen LogP contribution in [0.1, 0.15) is 19.3 Å². The number of rotatable bonds is 2. The minimum atomic E-state index is 0.321. The topological polar surface area (TPSA) is 21.6 Å². The molecule has 1 aliphatic rings. The summed E-state index contributed by atoms with van der Waals surface area (Å²) in [7, 11) is 1.76. The zero-order valence-corrected chi connectivity index (χ0v) is 9.97. The van der Waals surface area contributed by atoms with Crippen LogP contribution in [0, 0.1) is 0 Å². The maximum absolute atomic E-state index is 5.35. The summed E-state index contributed by atoms with van der Waals surface area (Å²) in [5, 5.41) is 2.46. The van der Waals surface area contributed by atoms with Gasteiger partial charge in [-0.05, 0) is 31.5 Å². The molecule has 0 bridgehead atoms. The monoisotopic (exact) mass is 297 g/mol. The Bertz CT molecular complexity index is 193. The average molecular weight is 297 g/mol. The van der Waals surface area contributed by atoms with E-state index >= 15 is 0 Å². The number of alkyl halides is 1. The third-order valence-corrected chi connectivity index (χ3v) is 3.97. The molecule has 68 valence electrons. The van der Waals surface area contributed by atoms with E-state index in [2.05, 4.69) is 45.0 Å². The van der Waals surface area contributed by atoms with Crippen LogP contribution in [0.4, 0.5) is 0 Å². The molecule has 0 heterocycles. The van der Waals surface area contributed by atoms with Gasteiger partial charge in [0.1, 0.15) is 0 Å². The van der Waals surface area contributed by atoms with Gasteiger partial charge in [-0.3, -0.25) is 0 Å². The molecule has 0 aromatic rings. The lowest BCUT2D eigenvalue weighted by Crippen LogP contribution is -2.36. The first-order chi connectivity index (χ1) is 5.79. The molecular weight excluding hydrogens is 285 g/mol. The summed E-state index contributed by atoms with van der Waals surface area (Å²) in [4.78, 5) is 4.14. The van der Waals surface area contributed by atoms with Gasteiger partial charge < -0.3 is 4.74 Å². The van der Waals surface area contributed by atoms with E-state index in [-0.39, 0.29) is 0 Å². The predicted octanol–water partition coefficient (Wildman–Crippen LogP) is 2.46. The number of nitrogens with zero attached hydrogens (tertiary/aromatic N) is 1. The lowest BCUT2D eigenvalue weighted by molar-refractivity contribution is 0.0748. The highest BCUT2D eigenvalue weighted by molar-refractivity contribution is 14.1. The van der Waals surface area contributed by atoms with E-state index in [0.717, 1.165) is 12.8 Å². The second-order valence-corrected chi connectivity index (χ2v) is 4.56. The van der Waals surface area contributed by atoms with Gasteiger partial charge in [-0.15, -0.1) is 0 Å². The summed E-state index contributed by atoms with van der Waals surface area (Å²) < 4.78 is 5.81. The van der Waals surface area contributed by atoms with Crippen molar-refractivity contribution in [2.24, 2.45) is 4.99 Å². The molecule has 0 aromatic carbocycles. The standard InChI is InChI=1S/C8H12INOS/c1-11-7-4-2-3-6(8(7)9)10-5-12/h6-8H,2-4H2,1H3/t6-,7-,8+/m1/s1. The number of ether oxygens (including phenoxy) is 1. The molecule has 0 amide bonds. The molecule has 1 fully saturated rings.